The van der Waals surface area contributed by atoms with Crippen LogP contribution in [0.15, 0.2) is 67.0 Å². The van der Waals surface area contributed by atoms with Gasteiger partial charge in [0.05, 0.1) is 0 Å². The van der Waals surface area contributed by atoms with E-state index in [-0.39, 0.29) is 6.04 Å². The maximum absolute atomic E-state index is 4.36. The molecule has 0 saturated heterocycles. The molecule has 0 bridgehead atoms. The van der Waals surface area contributed by atoms with Crippen LogP contribution in [0.3, 0.4) is 0 Å². The van der Waals surface area contributed by atoms with Crippen LogP contribution < -0.4 is 5.32 Å². The molecule has 1 aliphatic rings. The van der Waals surface area contributed by atoms with Crippen molar-refractivity contribution in [2.75, 3.05) is 5.32 Å². The lowest BCUT2D eigenvalue weighted by atomic mass is 10.0. The van der Waals surface area contributed by atoms with E-state index in [4.69, 9.17) is 0 Å². The number of hydrogen-bond acceptors (Lipinski definition) is 3. The summed E-state index contributed by atoms with van der Waals surface area (Å²) < 4.78 is 1.91. The summed E-state index contributed by atoms with van der Waals surface area (Å²) in [5.74, 6) is 0.770. The minimum absolute atomic E-state index is 0.0521. The molecule has 1 atom stereocenters. The predicted octanol–water partition coefficient (Wildman–Crippen LogP) is 3.64. The van der Waals surface area contributed by atoms with Gasteiger partial charge in [0.2, 0.25) is 5.95 Å². The third-order valence-electron chi connectivity index (χ3n) is 3.91. The first-order valence-electron chi connectivity index (χ1n) is 7.31. The lowest BCUT2D eigenvalue weighted by molar-refractivity contribution is 0.612. The number of aromatic nitrogens is 3. The van der Waals surface area contributed by atoms with E-state index < -0.39 is 0 Å². The molecule has 4 heteroatoms. The molecule has 2 aromatic carbocycles. The molecule has 22 heavy (non-hydrogen) atoms. The number of fused-ring (bicyclic) bond motifs is 1. The Hall–Kier alpha value is -2.88. The zero-order chi connectivity index (χ0) is 14.9. The SMILES string of the molecule is Cc1ccc(C2=C[C@@H](c3ccccc3)n3ncnc3N2)cc1. The quantitative estimate of drug-likeness (QED) is 0.783. The lowest BCUT2D eigenvalue weighted by Crippen LogP contribution is -2.20. The average Bonchev–Trinajstić information content (AvgIpc) is 3.04. The maximum atomic E-state index is 4.36. The van der Waals surface area contributed by atoms with Gasteiger partial charge in [-0.15, -0.1) is 0 Å². The van der Waals surface area contributed by atoms with Gasteiger partial charge in [0, 0.05) is 5.70 Å². The van der Waals surface area contributed by atoms with E-state index in [1.54, 1.807) is 6.33 Å². The largest absolute Gasteiger partial charge is 0.324 e. The van der Waals surface area contributed by atoms with Gasteiger partial charge in [0.25, 0.3) is 0 Å². The van der Waals surface area contributed by atoms with Crippen molar-refractivity contribution >= 4 is 11.6 Å². The second kappa shape index (κ2) is 5.15. The third kappa shape index (κ3) is 2.19. The summed E-state index contributed by atoms with van der Waals surface area (Å²) in [6, 6.07) is 18.9. The van der Waals surface area contributed by atoms with Crippen LogP contribution in [0.1, 0.15) is 22.7 Å². The Morgan fingerprint density at radius 1 is 1.00 bits per heavy atom. The predicted molar refractivity (Wildman–Crippen MR) is 87.4 cm³/mol. The van der Waals surface area contributed by atoms with Crippen molar-refractivity contribution in [2.24, 2.45) is 0 Å². The van der Waals surface area contributed by atoms with Gasteiger partial charge in [-0.1, -0.05) is 60.2 Å². The molecule has 2 heterocycles. The fourth-order valence-corrected chi connectivity index (χ4v) is 2.72. The molecule has 3 aromatic rings. The van der Waals surface area contributed by atoms with Crippen LogP contribution in [0.2, 0.25) is 0 Å². The molecular weight excluding hydrogens is 272 g/mol. The molecule has 108 valence electrons. The highest BCUT2D eigenvalue weighted by molar-refractivity contribution is 5.77. The normalized spacial score (nSPS) is 16.6. The Bertz CT molecular complexity index is 816. The van der Waals surface area contributed by atoms with Gasteiger partial charge in [0.1, 0.15) is 12.4 Å². The summed E-state index contributed by atoms with van der Waals surface area (Å²) in [6.45, 7) is 2.09. The molecule has 4 nitrogen and oxygen atoms in total. The lowest BCUT2D eigenvalue weighted by Gasteiger charge is -2.24. The van der Waals surface area contributed by atoms with Crippen LogP contribution in [0.25, 0.3) is 5.70 Å². The van der Waals surface area contributed by atoms with Crippen LogP contribution in [-0.2, 0) is 0 Å². The first kappa shape index (κ1) is 12.8. The fourth-order valence-electron chi connectivity index (χ4n) is 2.72. The fraction of sp³-hybridized carbons (Fsp3) is 0.111. The Kier molecular flexibility index (Phi) is 3.00. The third-order valence-corrected chi connectivity index (χ3v) is 3.91. The Morgan fingerprint density at radius 3 is 2.55 bits per heavy atom. The van der Waals surface area contributed by atoms with E-state index in [9.17, 15) is 0 Å². The van der Waals surface area contributed by atoms with Crippen molar-refractivity contribution in [3.05, 3.63) is 83.7 Å². The molecule has 0 unspecified atom stereocenters. The second-order valence-electron chi connectivity index (χ2n) is 5.46. The van der Waals surface area contributed by atoms with Gasteiger partial charge in [0.15, 0.2) is 0 Å². The number of hydrogen-bond donors (Lipinski definition) is 1. The molecular formula is C18H16N4. The van der Waals surface area contributed by atoms with Gasteiger partial charge in [-0.3, -0.25) is 0 Å². The number of anilines is 1. The number of nitrogens with zero attached hydrogens (tertiary/aromatic N) is 3. The van der Waals surface area contributed by atoms with Gasteiger partial charge in [-0.05, 0) is 24.1 Å². The second-order valence-corrected chi connectivity index (χ2v) is 5.46. The average molecular weight is 288 g/mol. The molecule has 0 radical (unpaired) electrons. The maximum Gasteiger partial charge on any atom is 0.226 e. The summed E-state index contributed by atoms with van der Waals surface area (Å²) in [4.78, 5) is 4.33. The Labute approximate surface area is 129 Å². The molecule has 0 spiro atoms. The van der Waals surface area contributed by atoms with E-state index in [0.29, 0.717) is 0 Å². The van der Waals surface area contributed by atoms with Crippen molar-refractivity contribution in [2.45, 2.75) is 13.0 Å². The van der Waals surface area contributed by atoms with Crippen molar-refractivity contribution in [1.82, 2.24) is 14.8 Å². The van der Waals surface area contributed by atoms with Crippen molar-refractivity contribution in [3.63, 3.8) is 0 Å². The van der Waals surface area contributed by atoms with Crippen molar-refractivity contribution in [3.8, 4) is 0 Å². The molecule has 1 aliphatic heterocycles. The minimum atomic E-state index is 0.0521. The molecule has 0 aliphatic carbocycles. The highest BCUT2D eigenvalue weighted by Gasteiger charge is 2.22. The smallest absolute Gasteiger partial charge is 0.226 e. The molecule has 1 aromatic heterocycles. The van der Waals surface area contributed by atoms with Crippen LogP contribution in [0.4, 0.5) is 5.95 Å². The molecule has 0 fully saturated rings. The highest BCUT2D eigenvalue weighted by atomic mass is 15.4. The molecule has 1 N–H and O–H groups in total. The summed E-state index contributed by atoms with van der Waals surface area (Å²) in [7, 11) is 0. The molecule has 0 amide bonds. The topological polar surface area (TPSA) is 42.7 Å². The monoisotopic (exact) mass is 288 g/mol. The van der Waals surface area contributed by atoms with Crippen LogP contribution >= 0.6 is 0 Å². The van der Waals surface area contributed by atoms with E-state index >= 15 is 0 Å². The standard InChI is InChI=1S/C18H16N4/c1-13-7-9-14(10-8-13)16-11-17(15-5-3-2-4-6-15)22-18(21-16)19-12-20-22/h2-12,17H,1H3,(H,19,20,21)/t17-/m0/s1. The number of rotatable bonds is 2. The van der Waals surface area contributed by atoms with Crippen LogP contribution in [0.5, 0.6) is 0 Å². The first-order chi connectivity index (χ1) is 10.8. The van der Waals surface area contributed by atoms with Gasteiger partial charge >= 0.3 is 0 Å². The van der Waals surface area contributed by atoms with Gasteiger partial charge in [-0.2, -0.15) is 10.1 Å². The zero-order valence-electron chi connectivity index (χ0n) is 12.3. The summed E-state index contributed by atoms with van der Waals surface area (Å²) in [5, 5.41) is 7.72. The summed E-state index contributed by atoms with van der Waals surface area (Å²) >= 11 is 0. The zero-order valence-corrected chi connectivity index (χ0v) is 12.3. The van der Waals surface area contributed by atoms with E-state index in [1.165, 1.54) is 11.1 Å². The number of aryl methyl sites for hydroxylation is 1. The van der Waals surface area contributed by atoms with E-state index in [2.05, 4.69) is 64.8 Å². The van der Waals surface area contributed by atoms with Crippen LogP contribution in [-0.4, -0.2) is 14.8 Å². The molecule has 0 saturated carbocycles. The summed E-state index contributed by atoms with van der Waals surface area (Å²) in [5.41, 5.74) is 4.67. The van der Waals surface area contributed by atoms with Crippen molar-refractivity contribution in [1.29, 1.82) is 0 Å². The number of allylic oxidation sites excluding steroid dienone is 1. The van der Waals surface area contributed by atoms with E-state index in [0.717, 1.165) is 17.2 Å². The van der Waals surface area contributed by atoms with Crippen LogP contribution in [0, 0.1) is 6.92 Å². The Morgan fingerprint density at radius 2 is 1.77 bits per heavy atom. The highest BCUT2D eigenvalue weighted by Crippen LogP contribution is 2.31. The Balaban J connectivity index is 1.81. The van der Waals surface area contributed by atoms with Crippen molar-refractivity contribution < 1.29 is 0 Å². The number of benzene rings is 2. The van der Waals surface area contributed by atoms with Gasteiger partial charge < -0.3 is 5.32 Å². The first-order valence-corrected chi connectivity index (χ1v) is 7.31. The molecule has 4 rings (SSSR count). The minimum Gasteiger partial charge on any atom is -0.324 e. The number of nitrogens with one attached hydrogen (secondary N) is 1. The van der Waals surface area contributed by atoms with Gasteiger partial charge in [-0.25, -0.2) is 4.68 Å². The van der Waals surface area contributed by atoms with E-state index in [1.807, 2.05) is 22.9 Å². The summed E-state index contributed by atoms with van der Waals surface area (Å²) in [6.07, 6.45) is 3.78.